The molecule has 0 spiro atoms. The highest BCUT2D eigenvalue weighted by atomic mass is 32.1. The van der Waals surface area contributed by atoms with E-state index in [4.69, 9.17) is 4.42 Å². The summed E-state index contributed by atoms with van der Waals surface area (Å²) in [7, 11) is 0. The Labute approximate surface area is 138 Å². The number of thiazole rings is 1. The van der Waals surface area contributed by atoms with Crippen LogP contribution in [0.15, 0.2) is 53.1 Å². The van der Waals surface area contributed by atoms with Gasteiger partial charge < -0.3 is 9.73 Å². The molecular formula is C18H14N2O2S. The highest BCUT2D eigenvalue weighted by Gasteiger charge is 2.16. The fraction of sp³-hybridized carbons (Fsp3) is 0.111. The summed E-state index contributed by atoms with van der Waals surface area (Å²) >= 11 is 1.43. The van der Waals surface area contributed by atoms with Gasteiger partial charge >= 0.3 is 0 Å². The Morgan fingerprint density at radius 3 is 2.83 bits per heavy atom. The molecular weight excluding hydrogens is 308 g/mol. The van der Waals surface area contributed by atoms with Gasteiger partial charge in [-0.3, -0.25) is 4.79 Å². The predicted molar refractivity (Wildman–Crippen MR) is 90.2 cm³/mol. The second-order valence-electron chi connectivity index (χ2n) is 4.75. The molecule has 0 bridgehead atoms. The fourth-order valence-corrected chi connectivity index (χ4v) is 2.87. The van der Waals surface area contributed by atoms with Gasteiger partial charge in [0.1, 0.15) is 5.69 Å². The van der Waals surface area contributed by atoms with Gasteiger partial charge in [0.05, 0.1) is 12.8 Å². The van der Waals surface area contributed by atoms with Crippen LogP contribution in [-0.2, 0) is 0 Å². The standard InChI is InChI=1S/C18H14N2O2S/c1-13-16(20-18(23-13)15-10-6-12-22-15)17(21)19-11-5-9-14-7-3-2-4-8-14/h2-4,6-8,10,12H,11H2,1H3,(H,19,21). The first kappa shape index (κ1) is 15.1. The van der Waals surface area contributed by atoms with Gasteiger partial charge in [0, 0.05) is 10.4 Å². The quantitative estimate of drug-likeness (QED) is 0.751. The summed E-state index contributed by atoms with van der Waals surface area (Å²) in [5, 5.41) is 3.47. The first-order valence-corrected chi connectivity index (χ1v) is 7.89. The van der Waals surface area contributed by atoms with E-state index in [0.29, 0.717) is 16.5 Å². The lowest BCUT2D eigenvalue weighted by Crippen LogP contribution is -2.24. The van der Waals surface area contributed by atoms with Crippen molar-refractivity contribution in [3.05, 3.63) is 64.9 Å². The SMILES string of the molecule is Cc1sc(-c2ccco2)nc1C(=O)NCC#Cc1ccccc1. The number of carbonyl (C=O) groups excluding carboxylic acids is 1. The molecule has 0 atom stereocenters. The van der Waals surface area contributed by atoms with E-state index in [-0.39, 0.29) is 12.5 Å². The highest BCUT2D eigenvalue weighted by molar-refractivity contribution is 7.15. The number of hydrogen-bond donors (Lipinski definition) is 1. The molecule has 0 saturated heterocycles. The lowest BCUT2D eigenvalue weighted by atomic mass is 10.2. The predicted octanol–water partition coefficient (Wildman–Crippen LogP) is 3.49. The molecule has 0 aliphatic heterocycles. The minimum absolute atomic E-state index is 0.223. The summed E-state index contributed by atoms with van der Waals surface area (Å²) in [4.78, 5) is 17.4. The van der Waals surface area contributed by atoms with Crippen LogP contribution in [0.4, 0.5) is 0 Å². The van der Waals surface area contributed by atoms with Gasteiger partial charge in [0.15, 0.2) is 10.8 Å². The molecule has 114 valence electrons. The average molecular weight is 322 g/mol. The van der Waals surface area contributed by atoms with Crippen molar-refractivity contribution in [2.45, 2.75) is 6.92 Å². The van der Waals surface area contributed by atoms with E-state index in [9.17, 15) is 4.79 Å². The fourth-order valence-electron chi connectivity index (χ4n) is 1.99. The van der Waals surface area contributed by atoms with Gasteiger partial charge in [-0.2, -0.15) is 0 Å². The van der Waals surface area contributed by atoms with Gasteiger partial charge in [-0.25, -0.2) is 4.98 Å². The zero-order chi connectivity index (χ0) is 16.1. The number of aryl methyl sites for hydroxylation is 1. The Morgan fingerprint density at radius 2 is 2.09 bits per heavy atom. The van der Waals surface area contributed by atoms with Gasteiger partial charge in [0.25, 0.3) is 5.91 Å². The lowest BCUT2D eigenvalue weighted by molar-refractivity contribution is 0.0954. The van der Waals surface area contributed by atoms with Crippen molar-refractivity contribution in [1.29, 1.82) is 0 Å². The Hall–Kier alpha value is -2.84. The van der Waals surface area contributed by atoms with Crippen LogP contribution in [0, 0.1) is 18.8 Å². The highest BCUT2D eigenvalue weighted by Crippen LogP contribution is 2.27. The van der Waals surface area contributed by atoms with Crippen molar-refractivity contribution in [3.63, 3.8) is 0 Å². The zero-order valence-corrected chi connectivity index (χ0v) is 13.3. The van der Waals surface area contributed by atoms with Crippen LogP contribution in [0.1, 0.15) is 20.9 Å². The van der Waals surface area contributed by atoms with E-state index in [2.05, 4.69) is 22.1 Å². The van der Waals surface area contributed by atoms with Gasteiger partial charge in [-0.1, -0.05) is 30.0 Å². The minimum atomic E-state index is -0.223. The monoisotopic (exact) mass is 322 g/mol. The maximum absolute atomic E-state index is 12.2. The zero-order valence-electron chi connectivity index (χ0n) is 12.5. The third-order valence-electron chi connectivity index (χ3n) is 3.09. The topological polar surface area (TPSA) is 55.1 Å². The third-order valence-corrected chi connectivity index (χ3v) is 4.07. The lowest BCUT2D eigenvalue weighted by Gasteiger charge is -1.98. The number of amides is 1. The molecule has 0 aliphatic rings. The summed E-state index contributed by atoms with van der Waals surface area (Å²) < 4.78 is 5.31. The first-order chi connectivity index (χ1) is 11.2. The largest absolute Gasteiger partial charge is 0.462 e. The molecule has 1 aromatic carbocycles. The first-order valence-electron chi connectivity index (χ1n) is 7.07. The van der Waals surface area contributed by atoms with Gasteiger partial charge in [-0.15, -0.1) is 11.3 Å². The molecule has 5 heteroatoms. The van der Waals surface area contributed by atoms with Crippen LogP contribution in [0.25, 0.3) is 10.8 Å². The van der Waals surface area contributed by atoms with Crippen LogP contribution >= 0.6 is 11.3 Å². The van der Waals surface area contributed by atoms with Crippen molar-refractivity contribution in [3.8, 4) is 22.6 Å². The number of carbonyl (C=O) groups is 1. The maximum Gasteiger partial charge on any atom is 0.271 e. The van der Waals surface area contributed by atoms with E-state index >= 15 is 0 Å². The van der Waals surface area contributed by atoms with Crippen LogP contribution in [0.3, 0.4) is 0 Å². The second kappa shape index (κ2) is 6.95. The number of furan rings is 1. The Balaban J connectivity index is 1.64. The van der Waals surface area contributed by atoms with E-state index in [0.717, 1.165) is 10.4 Å². The summed E-state index contributed by atoms with van der Waals surface area (Å²) in [6.07, 6.45) is 1.59. The number of hydrogen-bond acceptors (Lipinski definition) is 4. The van der Waals surface area contributed by atoms with Crippen LogP contribution < -0.4 is 5.32 Å². The van der Waals surface area contributed by atoms with E-state index < -0.39 is 0 Å². The summed E-state index contributed by atoms with van der Waals surface area (Å²) in [5.41, 5.74) is 1.34. The molecule has 23 heavy (non-hydrogen) atoms. The molecule has 1 amide bonds. The third kappa shape index (κ3) is 3.68. The smallest absolute Gasteiger partial charge is 0.271 e. The maximum atomic E-state index is 12.2. The van der Waals surface area contributed by atoms with Crippen molar-refractivity contribution < 1.29 is 9.21 Å². The molecule has 0 radical (unpaired) electrons. The molecule has 0 unspecified atom stereocenters. The molecule has 4 nitrogen and oxygen atoms in total. The molecule has 2 aromatic heterocycles. The molecule has 1 N–H and O–H groups in total. The number of aromatic nitrogens is 1. The number of benzene rings is 1. The Kier molecular flexibility index (Phi) is 4.55. The van der Waals surface area contributed by atoms with E-state index in [1.807, 2.05) is 43.3 Å². The molecule has 3 aromatic rings. The Morgan fingerprint density at radius 1 is 1.26 bits per heavy atom. The van der Waals surface area contributed by atoms with Crippen LogP contribution in [-0.4, -0.2) is 17.4 Å². The molecule has 2 heterocycles. The number of nitrogens with one attached hydrogen (secondary N) is 1. The van der Waals surface area contributed by atoms with Crippen molar-refractivity contribution >= 4 is 17.2 Å². The number of rotatable bonds is 3. The minimum Gasteiger partial charge on any atom is -0.462 e. The second-order valence-corrected chi connectivity index (χ2v) is 5.95. The summed E-state index contributed by atoms with van der Waals surface area (Å²) in [6.45, 7) is 2.15. The molecule has 0 fully saturated rings. The normalized spacial score (nSPS) is 9.96. The van der Waals surface area contributed by atoms with Gasteiger partial charge in [-0.05, 0) is 31.2 Å². The summed E-state index contributed by atoms with van der Waals surface area (Å²) in [5.74, 6) is 6.37. The van der Waals surface area contributed by atoms with Gasteiger partial charge in [0.2, 0.25) is 0 Å². The Bertz CT molecular complexity index is 856. The number of nitrogens with zero attached hydrogens (tertiary/aromatic N) is 1. The van der Waals surface area contributed by atoms with Crippen LogP contribution in [0.2, 0.25) is 0 Å². The van der Waals surface area contributed by atoms with Crippen molar-refractivity contribution in [2.24, 2.45) is 0 Å². The van der Waals surface area contributed by atoms with Crippen molar-refractivity contribution in [1.82, 2.24) is 10.3 Å². The van der Waals surface area contributed by atoms with E-state index in [1.165, 1.54) is 11.3 Å². The molecule has 3 rings (SSSR count). The van der Waals surface area contributed by atoms with Crippen molar-refractivity contribution in [2.75, 3.05) is 6.54 Å². The van der Waals surface area contributed by atoms with Crippen LogP contribution in [0.5, 0.6) is 0 Å². The molecule has 0 saturated carbocycles. The summed E-state index contributed by atoms with van der Waals surface area (Å²) in [6, 6.07) is 13.3. The molecule has 0 aliphatic carbocycles. The van der Waals surface area contributed by atoms with E-state index in [1.54, 1.807) is 12.3 Å². The average Bonchev–Trinajstić information content (AvgIpc) is 3.21.